The van der Waals surface area contributed by atoms with E-state index in [0.717, 1.165) is 12.5 Å². The van der Waals surface area contributed by atoms with E-state index in [-0.39, 0.29) is 33.2 Å². The molecule has 0 spiro atoms. The lowest BCUT2D eigenvalue weighted by Crippen LogP contribution is -2.23. The minimum absolute atomic E-state index is 0.0544. The van der Waals surface area contributed by atoms with Gasteiger partial charge in [0, 0.05) is 0 Å². The van der Waals surface area contributed by atoms with Crippen LogP contribution in [0.2, 0.25) is 15.1 Å². The van der Waals surface area contributed by atoms with E-state index in [2.05, 4.69) is 6.92 Å². The molecule has 2 unspecified atom stereocenters. The quantitative estimate of drug-likeness (QED) is 0.283. The SMILES string of the molecule is CCC(C(C)COC(=O)c1c(Cl)c(Cl)cc(Cl)c1OC(=O)C(=O)O)C1CC1. The van der Waals surface area contributed by atoms with E-state index < -0.39 is 23.7 Å². The van der Waals surface area contributed by atoms with Gasteiger partial charge in [0.15, 0.2) is 5.75 Å². The van der Waals surface area contributed by atoms with Crippen LogP contribution < -0.4 is 4.74 Å². The van der Waals surface area contributed by atoms with E-state index in [1.54, 1.807) is 0 Å². The highest BCUT2D eigenvalue weighted by atomic mass is 35.5. The number of hydrogen-bond acceptors (Lipinski definition) is 5. The second kappa shape index (κ2) is 9.13. The minimum Gasteiger partial charge on any atom is -0.473 e. The number of carboxylic acid groups (broad SMARTS) is 1. The second-order valence-corrected chi connectivity index (χ2v) is 7.73. The number of esters is 2. The lowest BCUT2D eigenvalue weighted by atomic mass is 9.88. The molecule has 1 fully saturated rings. The van der Waals surface area contributed by atoms with Crippen molar-refractivity contribution in [3.63, 3.8) is 0 Å². The van der Waals surface area contributed by atoms with Crippen LogP contribution in [0.25, 0.3) is 0 Å². The number of hydrogen-bond donors (Lipinski definition) is 1. The fourth-order valence-corrected chi connectivity index (χ4v) is 3.84. The Morgan fingerprint density at radius 2 is 1.85 bits per heavy atom. The van der Waals surface area contributed by atoms with Gasteiger partial charge in [0.1, 0.15) is 5.56 Å². The first kappa shape index (κ1) is 21.8. The number of aliphatic carboxylic acids is 1. The number of halogens is 3. The summed E-state index contributed by atoms with van der Waals surface area (Å²) in [6.45, 7) is 4.23. The molecule has 27 heavy (non-hydrogen) atoms. The molecule has 1 aliphatic rings. The van der Waals surface area contributed by atoms with Crippen LogP contribution in [0.15, 0.2) is 6.07 Å². The first-order chi connectivity index (χ1) is 12.7. The van der Waals surface area contributed by atoms with Crippen molar-refractivity contribution >= 4 is 52.7 Å². The number of benzene rings is 1. The Labute approximate surface area is 171 Å². The van der Waals surface area contributed by atoms with Crippen LogP contribution in [0.5, 0.6) is 5.75 Å². The van der Waals surface area contributed by atoms with Crippen molar-refractivity contribution < 1.29 is 29.0 Å². The van der Waals surface area contributed by atoms with E-state index in [0.29, 0.717) is 11.8 Å². The van der Waals surface area contributed by atoms with Gasteiger partial charge in [0.05, 0.1) is 21.7 Å². The summed E-state index contributed by atoms with van der Waals surface area (Å²) in [6.07, 6.45) is 3.35. The Morgan fingerprint density at radius 1 is 1.22 bits per heavy atom. The number of ether oxygens (including phenoxy) is 2. The van der Waals surface area contributed by atoms with Crippen molar-refractivity contribution in [1.29, 1.82) is 0 Å². The summed E-state index contributed by atoms with van der Waals surface area (Å²) in [7, 11) is 0. The summed E-state index contributed by atoms with van der Waals surface area (Å²) in [5, 5.41) is 8.19. The first-order valence-corrected chi connectivity index (χ1v) is 9.60. The normalized spacial score (nSPS) is 15.7. The van der Waals surface area contributed by atoms with Crippen LogP contribution in [0, 0.1) is 17.8 Å². The summed E-state index contributed by atoms with van der Waals surface area (Å²) in [5.41, 5.74) is -0.379. The van der Waals surface area contributed by atoms with Crippen LogP contribution in [0.1, 0.15) is 43.5 Å². The maximum atomic E-state index is 12.6. The summed E-state index contributed by atoms with van der Waals surface area (Å²) < 4.78 is 10.0. The molecule has 2 rings (SSSR count). The van der Waals surface area contributed by atoms with Crippen molar-refractivity contribution in [1.82, 2.24) is 0 Å². The molecule has 9 heteroatoms. The smallest absolute Gasteiger partial charge is 0.422 e. The minimum atomic E-state index is -1.85. The van der Waals surface area contributed by atoms with Crippen molar-refractivity contribution in [3.8, 4) is 5.75 Å². The van der Waals surface area contributed by atoms with Crippen LogP contribution in [0.4, 0.5) is 0 Å². The average molecular weight is 438 g/mol. The predicted molar refractivity (Wildman–Crippen MR) is 101 cm³/mol. The number of carboxylic acids is 1. The third-order valence-corrected chi connectivity index (χ3v) is 5.68. The monoisotopic (exact) mass is 436 g/mol. The molecule has 1 N–H and O–H groups in total. The standard InChI is InChI=1S/C18H19Cl3O6/c1-3-10(9-4-5-9)8(2)7-26-17(24)13-14(21)11(19)6-12(20)15(13)27-18(25)16(22)23/h6,8-10H,3-5,7H2,1-2H3,(H,22,23). The van der Waals surface area contributed by atoms with Gasteiger partial charge in [-0.1, -0.05) is 55.1 Å². The van der Waals surface area contributed by atoms with Crippen molar-refractivity contribution in [2.45, 2.75) is 33.1 Å². The summed E-state index contributed by atoms with van der Waals surface area (Å²) in [6, 6.07) is 1.15. The maximum Gasteiger partial charge on any atom is 0.422 e. The lowest BCUT2D eigenvalue weighted by molar-refractivity contribution is -0.158. The third kappa shape index (κ3) is 5.27. The Morgan fingerprint density at radius 3 is 2.37 bits per heavy atom. The van der Waals surface area contributed by atoms with E-state index in [1.807, 2.05) is 6.92 Å². The Bertz CT molecular complexity index is 760. The Kier molecular flexibility index (Phi) is 7.37. The van der Waals surface area contributed by atoms with Crippen LogP contribution in [-0.4, -0.2) is 29.6 Å². The molecule has 0 aromatic heterocycles. The summed E-state index contributed by atoms with van der Waals surface area (Å²) >= 11 is 18.0. The van der Waals surface area contributed by atoms with Gasteiger partial charge in [-0.3, -0.25) is 0 Å². The van der Waals surface area contributed by atoms with Crippen LogP contribution >= 0.6 is 34.8 Å². The van der Waals surface area contributed by atoms with E-state index in [4.69, 9.17) is 49.4 Å². The van der Waals surface area contributed by atoms with E-state index >= 15 is 0 Å². The molecule has 1 saturated carbocycles. The number of carbonyl (C=O) groups is 3. The lowest BCUT2D eigenvalue weighted by Gasteiger charge is -2.22. The van der Waals surface area contributed by atoms with Gasteiger partial charge < -0.3 is 14.6 Å². The molecular formula is C18H19Cl3O6. The maximum absolute atomic E-state index is 12.6. The molecule has 2 atom stereocenters. The molecule has 148 valence electrons. The second-order valence-electron chi connectivity index (χ2n) is 6.54. The zero-order valence-corrected chi connectivity index (χ0v) is 17.0. The summed E-state index contributed by atoms with van der Waals surface area (Å²) in [5.74, 6) is -3.62. The fourth-order valence-electron chi connectivity index (χ4n) is 3.12. The molecule has 6 nitrogen and oxygen atoms in total. The number of carbonyl (C=O) groups excluding carboxylic acids is 2. The topological polar surface area (TPSA) is 89.9 Å². The van der Waals surface area contributed by atoms with Gasteiger partial charge in [0.25, 0.3) is 0 Å². The van der Waals surface area contributed by atoms with E-state index in [1.165, 1.54) is 12.8 Å². The Balaban J connectivity index is 2.22. The highest BCUT2D eigenvalue weighted by Gasteiger charge is 2.34. The molecule has 0 amide bonds. The zero-order chi connectivity index (χ0) is 20.3. The van der Waals surface area contributed by atoms with Gasteiger partial charge in [-0.15, -0.1) is 0 Å². The fraction of sp³-hybridized carbons (Fsp3) is 0.500. The van der Waals surface area contributed by atoms with Gasteiger partial charge in [0.2, 0.25) is 0 Å². The molecule has 0 bridgehead atoms. The largest absolute Gasteiger partial charge is 0.473 e. The van der Waals surface area contributed by atoms with Gasteiger partial charge in [-0.25, -0.2) is 14.4 Å². The highest BCUT2D eigenvalue weighted by Crippen LogP contribution is 2.43. The molecule has 0 radical (unpaired) electrons. The molecule has 0 heterocycles. The van der Waals surface area contributed by atoms with Crippen LogP contribution in [-0.2, 0) is 14.3 Å². The average Bonchev–Trinajstić information content (AvgIpc) is 3.43. The zero-order valence-electron chi connectivity index (χ0n) is 14.8. The summed E-state index contributed by atoms with van der Waals surface area (Å²) in [4.78, 5) is 34.7. The predicted octanol–water partition coefficient (Wildman–Crippen LogP) is 4.87. The van der Waals surface area contributed by atoms with E-state index in [9.17, 15) is 14.4 Å². The molecule has 1 aromatic rings. The first-order valence-electron chi connectivity index (χ1n) is 8.47. The van der Waals surface area contributed by atoms with Crippen LogP contribution in [0.3, 0.4) is 0 Å². The molecule has 1 aromatic carbocycles. The third-order valence-electron chi connectivity index (χ3n) is 4.61. The van der Waals surface area contributed by atoms with Crippen molar-refractivity contribution in [3.05, 3.63) is 26.7 Å². The molecular weight excluding hydrogens is 419 g/mol. The van der Waals surface area contributed by atoms with Crippen molar-refractivity contribution in [2.75, 3.05) is 6.61 Å². The van der Waals surface area contributed by atoms with Gasteiger partial charge in [-0.2, -0.15) is 0 Å². The molecule has 0 aliphatic heterocycles. The van der Waals surface area contributed by atoms with Gasteiger partial charge >= 0.3 is 17.9 Å². The molecule has 1 aliphatic carbocycles. The Hall–Kier alpha value is -1.50. The number of rotatable bonds is 7. The molecule has 0 saturated heterocycles. The van der Waals surface area contributed by atoms with Gasteiger partial charge in [-0.05, 0) is 36.7 Å². The van der Waals surface area contributed by atoms with Crippen molar-refractivity contribution in [2.24, 2.45) is 17.8 Å². The highest BCUT2D eigenvalue weighted by molar-refractivity contribution is 6.46.